The van der Waals surface area contributed by atoms with E-state index in [2.05, 4.69) is 47.2 Å². The molecule has 3 unspecified atom stereocenters. The fourth-order valence-corrected chi connectivity index (χ4v) is 5.05. The Kier molecular flexibility index (Phi) is 7.38. The molecule has 2 saturated heterocycles. The fraction of sp³-hybridized carbons (Fsp3) is 0.500. The van der Waals surface area contributed by atoms with E-state index in [9.17, 15) is 4.79 Å². The number of ether oxygens (including phenoxy) is 1. The van der Waals surface area contributed by atoms with Crippen molar-refractivity contribution in [1.29, 1.82) is 0 Å². The molecule has 2 aliphatic heterocycles. The molecular formula is C26H35N3O2. The van der Waals surface area contributed by atoms with Crippen LogP contribution in [-0.4, -0.2) is 66.7 Å². The third kappa shape index (κ3) is 5.94. The van der Waals surface area contributed by atoms with Gasteiger partial charge < -0.3 is 10.1 Å². The summed E-state index contributed by atoms with van der Waals surface area (Å²) in [6.07, 6.45) is 3.57. The quantitative estimate of drug-likeness (QED) is 0.726. The van der Waals surface area contributed by atoms with E-state index in [0.717, 1.165) is 49.5 Å². The molecule has 2 aliphatic rings. The van der Waals surface area contributed by atoms with Crippen molar-refractivity contribution in [2.45, 2.75) is 51.4 Å². The van der Waals surface area contributed by atoms with Crippen LogP contribution >= 0.6 is 0 Å². The molecule has 1 N–H and O–H groups in total. The number of hydrogen-bond acceptors (Lipinski definition) is 4. The van der Waals surface area contributed by atoms with E-state index >= 15 is 0 Å². The highest BCUT2D eigenvalue weighted by Crippen LogP contribution is 2.28. The molecule has 0 bridgehead atoms. The predicted octanol–water partition coefficient (Wildman–Crippen LogP) is 4.26. The van der Waals surface area contributed by atoms with Crippen LogP contribution in [0.2, 0.25) is 0 Å². The summed E-state index contributed by atoms with van der Waals surface area (Å²) in [7, 11) is 0. The molecule has 2 heterocycles. The van der Waals surface area contributed by atoms with E-state index in [0.29, 0.717) is 24.7 Å². The molecule has 0 saturated carbocycles. The molecule has 0 aromatic heterocycles. The number of rotatable bonds is 7. The van der Waals surface area contributed by atoms with Crippen molar-refractivity contribution in [3.8, 4) is 11.1 Å². The Bertz CT molecular complexity index is 847. The third-order valence-corrected chi connectivity index (χ3v) is 6.38. The average molecular weight is 422 g/mol. The average Bonchev–Trinajstić information content (AvgIpc) is 3.19. The lowest BCUT2D eigenvalue weighted by Crippen LogP contribution is -2.50. The molecular weight excluding hydrogens is 386 g/mol. The summed E-state index contributed by atoms with van der Waals surface area (Å²) in [4.78, 5) is 17.8. The number of carbonyl (C=O) groups excluding carboxylic acids is 1. The zero-order chi connectivity index (χ0) is 21.6. The van der Waals surface area contributed by atoms with E-state index in [-0.39, 0.29) is 5.91 Å². The van der Waals surface area contributed by atoms with Crippen LogP contribution in [0.5, 0.6) is 0 Å². The molecule has 31 heavy (non-hydrogen) atoms. The van der Waals surface area contributed by atoms with Crippen molar-refractivity contribution in [2.75, 3.05) is 38.0 Å². The van der Waals surface area contributed by atoms with Gasteiger partial charge in [0.05, 0.1) is 12.2 Å². The minimum Gasteiger partial charge on any atom is -0.373 e. The monoisotopic (exact) mass is 421 g/mol. The number of nitrogens with one attached hydrogen (secondary N) is 1. The molecule has 2 aromatic carbocycles. The van der Waals surface area contributed by atoms with Gasteiger partial charge in [0.1, 0.15) is 0 Å². The summed E-state index contributed by atoms with van der Waals surface area (Å²) in [5, 5.41) is 3.15. The number of likely N-dealkylation sites (tertiary alicyclic amines) is 1. The van der Waals surface area contributed by atoms with Gasteiger partial charge in [-0.15, -0.1) is 0 Å². The maximum absolute atomic E-state index is 12.8. The van der Waals surface area contributed by atoms with E-state index in [1.54, 1.807) is 0 Å². The first-order valence-corrected chi connectivity index (χ1v) is 11.6. The van der Waals surface area contributed by atoms with Gasteiger partial charge in [-0.2, -0.15) is 0 Å². The first kappa shape index (κ1) is 22.0. The molecule has 5 nitrogen and oxygen atoms in total. The Morgan fingerprint density at radius 1 is 1.03 bits per heavy atom. The molecule has 166 valence electrons. The van der Waals surface area contributed by atoms with Crippen molar-refractivity contribution in [3.05, 3.63) is 54.6 Å². The van der Waals surface area contributed by atoms with Crippen molar-refractivity contribution in [3.63, 3.8) is 0 Å². The van der Waals surface area contributed by atoms with Crippen LogP contribution in [0.4, 0.5) is 5.69 Å². The predicted molar refractivity (Wildman–Crippen MR) is 126 cm³/mol. The Morgan fingerprint density at radius 3 is 2.52 bits per heavy atom. The highest BCUT2D eigenvalue weighted by atomic mass is 16.5. The van der Waals surface area contributed by atoms with Crippen molar-refractivity contribution in [1.82, 2.24) is 9.80 Å². The van der Waals surface area contributed by atoms with Crippen LogP contribution in [0.15, 0.2) is 54.6 Å². The van der Waals surface area contributed by atoms with Crippen LogP contribution in [0.25, 0.3) is 11.1 Å². The maximum atomic E-state index is 12.8. The molecule has 4 rings (SSSR count). The normalized spacial score (nSPS) is 24.9. The molecule has 3 atom stereocenters. The van der Waals surface area contributed by atoms with Crippen molar-refractivity contribution in [2.24, 2.45) is 0 Å². The summed E-state index contributed by atoms with van der Waals surface area (Å²) in [6.45, 7) is 9.32. The van der Waals surface area contributed by atoms with Gasteiger partial charge in [0.25, 0.3) is 0 Å². The lowest BCUT2D eigenvalue weighted by Gasteiger charge is -2.38. The zero-order valence-electron chi connectivity index (χ0n) is 18.8. The molecule has 0 aliphatic carbocycles. The smallest absolute Gasteiger partial charge is 0.225 e. The zero-order valence-corrected chi connectivity index (χ0v) is 18.8. The summed E-state index contributed by atoms with van der Waals surface area (Å²) in [5.74, 6) is 0.0858. The highest BCUT2D eigenvalue weighted by Gasteiger charge is 2.30. The van der Waals surface area contributed by atoms with Gasteiger partial charge in [0.2, 0.25) is 5.91 Å². The number of hydrogen-bond donors (Lipinski definition) is 1. The van der Waals surface area contributed by atoms with Gasteiger partial charge in [-0.25, -0.2) is 0 Å². The second kappa shape index (κ2) is 10.4. The number of carbonyl (C=O) groups is 1. The minimum absolute atomic E-state index is 0.0858. The Morgan fingerprint density at radius 2 is 1.74 bits per heavy atom. The highest BCUT2D eigenvalue weighted by molar-refractivity contribution is 5.95. The molecule has 5 heteroatoms. The van der Waals surface area contributed by atoms with Crippen LogP contribution in [0.1, 0.15) is 33.1 Å². The van der Waals surface area contributed by atoms with Crippen LogP contribution in [0.3, 0.4) is 0 Å². The van der Waals surface area contributed by atoms with Gasteiger partial charge in [0.15, 0.2) is 0 Å². The van der Waals surface area contributed by atoms with Crippen LogP contribution in [-0.2, 0) is 9.53 Å². The Labute approximate surface area is 186 Å². The molecule has 2 fully saturated rings. The maximum Gasteiger partial charge on any atom is 0.225 e. The number of para-hydroxylation sites is 1. The SMILES string of the molecule is CC1CN(CC2CCCN2CCC(=O)Nc2ccccc2-c2ccccc2)CC(C)O1. The van der Waals surface area contributed by atoms with Gasteiger partial charge in [-0.05, 0) is 44.9 Å². The van der Waals surface area contributed by atoms with E-state index in [1.807, 2.05) is 36.4 Å². The van der Waals surface area contributed by atoms with Crippen LogP contribution < -0.4 is 5.32 Å². The molecule has 1 amide bonds. The number of morpholine rings is 1. The third-order valence-electron chi connectivity index (χ3n) is 6.38. The Hall–Kier alpha value is -2.21. The summed E-state index contributed by atoms with van der Waals surface area (Å²) in [5.41, 5.74) is 3.06. The van der Waals surface area contributed by atoms with Gasteiger partial charge in [-0.3, -0.25) is 14.6 Å². The lowest BCUT2D eigenvalue weighted by atomic mass is 10.0. The number of nitrogens with zero attached hydrogens (tertiary/aromatic N) is 2. The van der Waals surface area contributed by atoms with E-state index < -0.39 is 0 Å². The van der Waals surface area contributed by atoms with Gasteiger partial charge in [-0.1, -0.05) is 48.5 Å². The van der Waals surface area contributed by atoms with Gasteiger partial charge >= 0.3 is 0 Å². The van der Waals surface area contributed by atoms with E-state index in [4.69, 9.17) is 4.74 Å². The Balaban J connectivity index is 1.31. The molecule has 0 spiro atoms. The number of amides is 1. The minimum atomic E-state index is 0.0858. The summed E-state index contributed by atoms with van der Waals surface area (Å²) >= 11 is 0. The fourth-order valence-electron chi connectivity index (χ4n) is 5.05. The number of benzene rings is 2. The van der Waals surface area contributed by atoms with Crippen LogP contribution in [0, 0.1) is 0 Å². The van der Waals surface area contributed by atoms with Crippen molar-refractivity contribution >= 4 is 11.6 Å². The molecule has 2 aromatic rings. The topological polar surface area (TPSA) is 44.8 Å². The first-order valence-electron chi connectivity index (χ1n) is 11.6. The van der Waals surface area contributed by atoms with E-state index in [1.165, 1.54) is 12.8 Å². The first-order chi connectivity index (χ1) is 15.1. The second-order valence-electron chi connectivity index (χ2n) is 9.02. The summed E-state index contributed by atoms with van der Waals surface area (Å²) in [6, 6.07) is 18.8. The lowest BCUT2D eigenvalue weighted by molar-refractivity contribution is -0.116. The second-order valence-corrected chi connectivity index (χ2v) is 9.02. The molecule has 0 radical (unpaired) electrons. The largest absolute Gasteiger partial charge is 0.373 e. The van der Waals surface area contributed by atoms with Crippen molar-refractivity contribution < 1.29 is 9.53 Å². The number of anilines is 1. The van der Waals surface area contributed by atoms with Gasteiger partial charge in [0, 0.05) is 49.9 Å². The standard InChI is InChI=1S/C26H35N3O2/c1-20-17-28(18-21(2)31-20)19-23-11-8-15-29(23)16-14-26(30)27-25-13-7-6-12-24(25)22-9-4-3-5-10-22/h3-7,9-10,12-13,20-21,23H,8,11,14-19H2,1-2H3,(H,27,30). The summed E-state index contributed by atoms with van der Waals surface area (Å²) < 4.78 is 5.88.